The van der Waals surface area contributed by atoms with Crippen molar-refractivity contribution in [1.82, 2.24) is 0 Å². The minimum atomic E-state index is -1.87. The van der Waals surface area contributed by atoms with Crippen molar-refractivity contribution in [2.24, 2.45) is 0 Å². The van der Waals surface area contributed by atoms with Gasteiger partial charge in [-0.3, -0.25) is 0 Å². The number of nitrogens with one attached hydrogen (secondary N) is 1. The van der Waals surface area contributed by atoms with Crippen LogP contribution in [-0.2, 0) is 0 Å². The molecule has 0 amide bonds. The standard InChI is InChI=1S/C18H18FNO3/c1-3-18(19,4-2)23-16-11-9-15(10-12-16)20-14-7-5-13(6-8-14)17(21)22/h3,5-12,20H,1,4H2,2H3,(H,21,22). The fraction of sp³-hybridized carbons (Fsp3) is 0.167. The first-order valence-electron chi connectivity index (χ1n) is 7.18. The predicted octanol–water partition coefficient (Wildman–Crippen LogP) is 4.77. The molecule has 4 nitrogen and oxygen atoms in total. The average Bonchev–Trinajstić information content (AvgIpc) is 2.57. The lowest BCUT2D eigenvalue weighted by Crippen LogP contribution is -2.26. The molecule has 1 atom stereocenters. The lowest BCUT2D eigenvalue weighted by molar-refractivity contribution is -0.0177. The summed E-state index contributed by atoms with van der Waals surface area (Å²) in [5.41, 5.74) is 1.76. The van der Waals surface area contributed by atoms with Gasteiger partial charge in [-0.2, -0.15) is 4.39 Å². The van der Waals surface area contributed by atoms with Crippen LogP contribution in [0.25, 0.3) is 0 Å². The first kappa shape index (κ1) is 16.5. The Morgan fingerprint density at radius 2 is 1.74 bits per heavy atom. The molecule has 2 rings (SSSR count). The van der Waals surface area contributed by atoms with E-state index in [-0.39, 0.29) is 12.0 Å². The van der Waals surface area contributed by atoms with E-state index in [9.17, 15) is 9.18 Å². The molecular weight excluding hydrogens is 297 g/mol. The minimum Gasteiger partial charge on any atom is -0.478 e. The molecule has 23 heavy (non-hydrogen) atoms. The number of rotatable bonds is 7. The molecule has 120 valence electrons. The highest BCUT2D eigenvalue weighted by Gasteiger charge is 2.24. The summed E-state index contributed by atoms with van der Waals surface area (Å²) in [7, 11) is 0. The number of hydrogen-bond acceptors (Lipinski definition) is 3. The monoisotopic (exact) mass is 315 g/mol. The number of alkyl halides is 1. The number of carbonyl (C=O) groups is 1. The Labute approximate surface area is 134 Å². The Morgan fingerprint density at radius 1 is 1.22 bits per heavy atom. The van der Waals surface area contributed by atoms with E-state index in [4.69, 9.17) is 9.84 Å². The van der Waals surface area contributed by atoms with Gasteiger partial charge < -0.3 is 15.2 Å². The zero-order chi connectivity index (χ0) is 16.9. The second-order valence-corrected chi connectivity index (χ2v) is 4.98. The summed E-state index contributed by atoms with van der Waals surface area (Å²) < 4.78 is 19.4. The molecular formula is C18H18FNO3. The molecule has 0 bridgehead atoms. The number of anilines is 2. The van der Waals surface area contributed by atoms with E-state index in [1.807, 2.05) is 0 Å². The number of aromatic carboxylic acids is 1. The SMILES string of the molecule is C=CC(F)(CC)Oc1ccc(Nc2ccc(C(=O)O)cc2)cc1. The molecule has 2 N–H and O–H groups in total. The van der Waals surface area contributed by atoms with Gasteiger partial charge in [0.2, 0.25) is 0 Å². The Hall–Kier alpha value is -2.82. The molecule has 0 saturated heterocycles. The van der Waals surface area contributed by atoms with Gasteiger partial charge in [-0.1, -0.05) is 13.5 Å². The Morgan fingerprint density at radius 3 is 2.17 bits per heavy atom. The van der Waals surface area contributed by atoms with E-state index in [2.05, 4.69) is 11.9 Å². The van der Waals surface area contributed by atoms with Crippen molar-refractivity contribution in [3.8, 4) is 5.75 Å². The Kier molecular flexibility index (Phi) is 5.01. The molecule has 2 aromatic carbocycles. The normalized spacial score (nSPS) is 13.0. The molecule has 0 aliphatic carbocycles. The van der Waals surface area contributed by atoms with Gasteiger partial charge >= 0.3 is 5.97 Å². The number of hydrogen-bond donors (Lipinski definition) is 2. The molecule has 0 aromatic heterocycles. The lowest BCUT2D eigenvalue weighted by atomic mass is 10.2. The van der Waals surface area contributed by atoms with Crippen LogP contribution in [0.5, 0.6) is 5.75 Å². The van der Waals surface area contributed by atoms with Crippen LogP contribution in [-0.4, -0.2) is 16.9 Å². The molecule has 0 fully saturated rings. The Balaban J connectivity index is 2.05. The third-order valence-corrected chi connectivity index (χ3v) is 3.35. The van der Waals surface area contributed by atoms with Crippen molar-refractivity contribution < 1.29 is 19.0 Å². The fourth-order valence-corrected chi connectivity index (χ4v) is 1.92. The van der Waals surface area contributed by atoms with E-state index < -0.39 is 11.8 Å². The topological polar surface area (TPSA) is 58.6 Å². The summed E-state index contributed by atoms with van der Waals surface area (Å²) in [5, 5.41) is 12.0. The zero-order valence-corrected chi connectivity index (χ0v) is 12.8. The van der Waals surface area contributed by atoms with Crippen LogP contribution >= 0.6 is 0 Å². The summed E-state index contributed by atoms with van der Waals surface area (Å²) in [4.78, 5) is 10.8. The van der Waals surface area contributed by atoms with Gasteiger partial charge in [0.25, 0.3) is 5.85 Å². The highest BCUT2D eigenvalue weighted by Crippen LogP contribution is 2.26. The second-order valence-electron chi connectivity index (χ2n) is 4.98. The molecule has 2 aromatic rings. The summed E-state index contributed by atoms with van der Waals surface area (Å²) in [6, 6.07) is 13.2. The molecule has 0 heterocycles. The highest BCUT2D eigenvalue weighted by atomic mass is 19.2. The van der Waals surface area contributed by atoms with Crippen molar-refractivity contribution in [3.63, 3.8) is 0 Å². The predicted molar refractivity (Wildman–Crippen MR) is 88.1 cm³/mol. The molecule has 1 unspecified atom stereocenters. The van der Waals surface area contributed by atoms with Gasteiger partial charge in [0.1, 0.15) is 5.75 Å². The van der Waals surface area contributed by atoms with Crippen LogP contribution < -0.4 is 10.1 Å². The molecule has 0 aliphatic rings. The third kappa shape index (κ3) is 4.32. The fourth-order valence-electron chi connectivity index (χ4n) is 1.92. The molecule has 0 radical (unpaired) electrons. The maximum Gasteiger partial charge on any atom is 0.335 e. The van der Waals surface area contributed by atoms with Crippen molar-refractivity contribution in [2.75, 3.05) is 5.32 Å². The number of benzene rings is 2. The first-order valence-corrected chi connectivity index (χ1v) is 7.18. The quantitative estimate of drug-likeness (QED) is 0.723. The van der Waals surface area contributed by atoms with Gasteiger partial charge in [-0.15, -0.1) is 0 Å². The second kappa shape index (κ2) is 6.96. The average molecular weight is 315 g/mol. The highest BCUT2D eigenvalue weighted by molar-refractivity contribution is 5.88. The van der Waals surface area contributed by atoms with Crippen LogP contribution in [0.1, 0.15) is 23.7 Å². The van der Waals surface area contributed by atoms with Crippen LogP contribution in [0.15, 0.2) is 61.2 Å². The summed E-state index contributed by atoms with van der Waals surface area (Å²) >= 11 is 0. The van der Waals surface area contributed by atoms with E-state index in [1.165, 1.54) is 12.1 Å². The summed E-state index contributed by atoms with van der Waals surface area (Å²) in [6.45, 7) is 5.12. The number of halogens is 1. The summed E-state index contributed by atoms with van der Waals surface area (Å²) in [5.74, 6) is -2.44. The van der Waals surface area contributed by atoms with E-state index >= 15 is 0 Å². The van der Waals surface area contributed by atoms with Gasteiger partial charge in [0.15, 0.2) is 0 Å². The Bertz CT molecular complexity index is 682. The number of ether oxygens (including phenoxy) is 1. The van der Waals surface area contributed by atoms with Crippen molar-refractivity contribution >= 4 is 17.3 Å². The van der Waals surface area contributed by atoms with Gasteiger partial charge in [0.05, 0.1) is 5.56 Å². The molecule has 5 heteroatoms. The molecule has 0 saturated carbocycles. The molecule has 0 aliphatic heterocycles. The number of carboxylic acid groups (broad SMARTS) is 1. The van der Waals surface area contributed by atoms with E-state index in [0.717, 1.165) is 17.5 Å². The van der Waals surface area contributed by atoms with Gasteiger partial charge in [-0.05, 0) is 54.6 Å². The van der Waals surface area contributed by atoms with Crippen LogP contribution in [0, 0.1) is 0 Å². The van der Waals surface area contributed by atoms with Crippen LogP contribution in [0.3, 0.4) is 0 Å². The van der Waals surface area contributed by atoms with Crippen molar-refractivity contribution in [1.29, 1.82) is 0 Å². The molecule has 0 spiro atoms. The lowest BCUT2D eigenvalue weighted by Gasteiger charge is -2.21. The zero-order valence-electron chi connectivity index (χ0n) is 12.8. The van der Waals surface area contributed by atoms with Crippen molar-refractivity contribution in [2.45, 2.75) is 19.2 Å². The van der Waals surface area contributed by atoms with Crippen LogP contribution in [0.4, 0.5) is 15.8 Å². The third-order valence-electron chi connectivity index (χ3n) is 3.35. The maximum atomic E-state index is 14.1. The maximum absolute atomic E-state index is 14.1. The largest absolute Gasteiger partial charge is 0.478 e. The summed E-state index contributed by atoms with van der Waals surface area (Å²) in [6.07, 6.45) is 1.32. The van der Waals surface area contributed by atoms with Crippen LogP contribution in [0.2, 0.25) is 0 Å². The van der Waals surface area contributed by atoms with Crippen molar-refractivity contribution in [3.05, 3.63) is 66.7 Å². The minimum absolute atomic E-state index is 0.173. The smallest absolute Gasteiger partial charge is 0.335 e. The van der Waals surface area contributed by atoms with E-state index in [0.29, 0.717) is 5.75 Å². The first-order chi connectivity index (χ1) is 11.0. The van der Waals surface area contributed by atoms with Gasteiger partial charge in [-0.25, -0.2) is 4.79 Å². The number of carboxylic acids is 1. The van der Waals surface area contributed by atoms with E-state index in [1.54, 1.807) is 43.3 Å². The van der Waals surface area contributed by atoms with Gasteiger partial charge in [0, 0.05) is 17.8 Å².